The van der Waals surface area contributed by atoms with Crippen LogP contribution in [-0.4, -0.2) is 41.4 Å². The number of hydrogen-bond donors (Lipinski definition) is 3. The molecule has 0 atom stereocenters. The van der Waals surface area contributed by atoms with Crippen LogP contribution in [0.5, 0.6) is 0 Å². The second kappa shape index (κ2) is 8.33. The van der Waals surface area contributed by atoms with Gasteiger partial charge in [0.05, 0.1) is 6.10 Å². The maximum absolute atomic E-state index is 12.0. The zero-order valence-corrected chi connectivity index (χ0v) is 14.2. The van der Waals surface area contributed by atoms with E-state index in [-0.39, 0.29) is 18.2 Å². The van der Waals surface area contributed by atoms with Gasteiger partial charge in [0.1, 0.15) is 5.82 Å². The topological polar surface area (TPSA) is 77.5 Å². The molecule has 1 aromatic rings. The number of piperidine rings is 1. The maximum Gasteiger partial charge on any atom is 0.315 e. The van der Waals surface area contributed by atoms with Crippen LogP contribution in [0.25, 0.3) is 0 Å². The third kappa shape index (κ3) is 4.84. The highest BCUT2D eigenvalue weighted by Crippen LogP contribution is 2.19. The molecule has 1 aliphatic carbocycles. The summed E-state index contributed by atoms with van der Waals surface area (Å²) in [6, 6.07) is 4.07. The van der Waals surface area contributed by atoms with Gasteiger partial charge in [-0.1, -0.05) is 0 Å². The standard InChI is InChI=1S/C18H28N4O2/c23-16-6-4-15(5-7-16)21-18(24)20-13-14-8-9-19-17(12-14)22-10-2-1-3-11-22/h8-9,12,15-16,23H,1-7,10-11,13H2,(H2,20,21,24). The number of carbonyl (C=O) groups is 1. The number of aromatic nitrogens is 1. The summed E-state index contributed by atoms with van der Waals surface area (Å²) in [5, 5.41) is 15.4. The fraction of sp³-hybridized carbons (Fsp3) is 0.667. The van der Waals surface area contributed by atoms with E-state index in [4.69, 9.17) is 0 Å². The first-order valence-electron chi connectivity index (χ1n) is 9.13. The van der Waals surface area contributed by atoms with E-state index >= 15 is 0 Å². The number of nitrogens with one attached hydrogen (secondary N) is 2. The van der Waals surface area contributed by atoms with Crippen molar-refractivity contribution in [3.05, 3.63) is 23.9 Å². The molecule has 6 heteroatoms. The van der Waals surface area contributed by atoms with Crippen molar-refractivity contribution in [2.45, 2.75) is 63.6 Å². The molecule has 0 aromatic carbocycles. The Balaban J connectivity index is 1.46. The quantitative estimate of drug-likeness (QED) is 0.790. The Kier molecular flexibility index (Phi) is 5.91. The van der Waals surface area contributed by atoms with Crippen molar-refractivity contribution in [3.8, 4) is 0 Å². The minimum Gasteiger partial charge on any atom is -0.393 e. The van der Waals surface area contributed by atoms with Crippen molar-refractivity contribution in [3.63, 3.8) is 0 Å². The molecule has 2 fully saturated rings. The number of amides is 2. The molecule has 3 N–H and O–H groups in total. The monoisotopic (exact) mass is 332 g/mol. The maximum atomic E-state index is 12.0. The SMILES string of the molecule is O=C(NCc1ccnc(N2CCCCC2)c1)NC1CCC(O)CC1. The molecule has 1 saturated carbocycles. The molecule has 2 aliphatic rings. The normalized spacial score (nSPS) is 24.5. The van der Waals surface area contributed by atoms with Crippen LogP contribution in [0.2, 0.25) is 0 Å². The third-order valence-electron chi connectivity index (χ3n) is 4.97. The van der Waals surface area contributed by atoms with Gasteiger partial charge in [-0.05, 0) is 62.6 Å². The van der Waals surface area contributed by atoms with E-state index in [0.29, 0.717) is 6.54 Å². The Hall–Kier alpha value is -1.82. The summed E-state index contributed by atoms with van der Waals surface area (Å²) < 4.78 is 0. The van der Waals surface area contributed by atoms with E-state index in [1.807, 2.05) is 12.3 Å². The van der Waals surface area contributed by atoms with Gasteiger partial charge in [-0.25, -0.2) is 9.78 Å². The van der Waals surface area contributed by atoms with Gasteiger partial charge in [-0.2, -0.15) is 0 Å². The first kappa shape index (κ1) is 17.0. The largest absolute Gasteiger partial charge is 0.393 e. The van der Waals surface area contributed by atoms with Crippen LogP contribution in [-0.2, 0) is 6.54 Å². The summed E-state index contributed by atoms with van der Waals surface area (Å²) in [7, 11) is 0. The summed E-state index contributed by atoms with van der Waals surface area (Å²) in [6.07, 6.45) is 8.62. The molecule has 0 spiro atoms. The molecule has 2 heterocycles. The van der Waals surface area contributed by atoms with Crippen molar-refractivity contribution in [1.82, 2.24) is 15.6 Å². The predicted octanol–water partition coefficient (Wildman–Crippen LogP) is 2.17. The first-order valence-corrected chi connectivity index (χ1v) is 9.13. The van der Waals surface area contributed by atoms with Crippen molar-refractivity contribution in [2.75, 3.05) is 18.0 Å². The van der Waals surface area contributed by atoms with E-state index in [2.05, 4.69) is 26.6 Å². The molecule has 0 unspecified atom stereocenters. The van der Waals surface area contributed by atoms with Crippen LogP contribution >= 0.6 is 0 Å². The molecule has 1 saturated heterocycles. The second-order valence-electron chi connectivity index (χ2n) is 6.90. The fourth-order valence-corrected chi connectivity index (χ4v) is 3.51. The van der Waals surface area contributed by atoms with Crippen molar-refractivity contribution in [2.24, 2.45) is 0 Å². The number of aliphatic hydroxyl groups excluding tert-OH is 1. The summed E-state index contributed by atoms with van der Waals surface area (Å²) in [5.74, 6) is 1.01. The molecule has 3 rings (SSSR count). The Labute approximate surface area is 143 Å². The number of rotatable bonds is 4. The molecule has 1 aromatic heterocycles. The van der Waals surface area contributed by atoms with Gasteiger partial charge in [0, 0.05) is 31.9 Å². The van der Waals surface area contributed by atoms with Crippen molar-refractivity contribution >= 4 is 11.8 Å². The van der Waals surface area contributed by atoms with Gasteiger partial charge in [0.2, 0.25) is 0 Å². The van der Waals surface area contributed by atoms with Gasteiger partial charge in [-0.15, -0.1) is 0 Å². The molecule has 6 nitrogen and oxygen atoms in total. The highest BCUT2D eigenvalue weighted by Gasteiger charge is 2.20. The zero-order valence-electron chi connectivity index (χ0n) is 14.2. The summed E-state index contributed by atoms with van der Waals surface area (Å²) in [5.41, 5.74) is 1.07. The lowest BCUT2D eigenvalue weighted by atomic mass is 9.93. The Morgan fingerprint density at radius 1 is 1.21 bits per heavy atom. The number of pyridine rings is 1. The predicted molar refractivity (Wildman–Crippen MR) is 93.9 cm³/mol. The van der Waals surface area contributed by atoms with Crippen LogP contribution in [0.3, 0.4) is 0 Å². The third-order valence-corrected chi connectivity index (χ3v) is 4.97. The van der Waals surface area contributed by atoms with E-state index in [1.165, 1.54) is 19.3 Å². The lowest BCUT2D eigenvalue weighted by molar-refractivity contribution is 0.117. The average molecular weight is 332 g/mol. The highest BCUT2D eigenvalue weighted by atomic mass is 16.3. The highest BCUT2D eigenvalue weighted by molar-refractivity contribution is 5.74. The minimum absolute atomic E-state index is 0.132. The first-order chi connectivity index (χ1) is 11.7. The van der Waals surface area contributed by atoms with E-state index in [9.17, 15) is 9.90 Å². The molecule has 0 radical (unpaired) electrons. The number of aliphatic hydroxyl groups is 1. The van der Waals surface area contributed by atoms with Gasteiger partial charge in [0.25, 0.3) is 0 Å². The summed E-state index contributed by atoms with van der Waals surface area (Å²) >= 11 is 0. The zero-order chi connectivity index (χ0) is 16.8. The smallest absolute Gasteiger partial charge is 0.315 e. The van der Waals surface area contributed by atoms with Gasteiger partial charge in [0.15, 0.2) is 0 Å². The molecular formula is C18H28N4O2. The number of carbonyl (C=O) groups excluding carboxylic acids is 1. The molecule has 1 aliphatic heterocycles. The lowest BCUT2D eigenvalue weighted by Gasteiger charge is -2.28. The number of hydrogen-bond acceptors (Lipinski definition) is 4. The van der Waals surface area contributed by atoms with Crippen molar-refractivity contribution < 1.29 is 9.90 Å². The Morgan fingerprint density at radius 3 is 2.71 bits per heavy atom. The molecule has 2 amide bonds. The van der Waals surface area contributed by atoms with Crippen LogP contribution in [0, 0.1) is 0 Å². The van der Waals surface area contributed by atoms with Crippen LogP contribution in [0.4, 0.5) is 10.6 Å². The van der Waals surface area contributed by atoms with E-state index in [1.54, 1.807) is 0 Å². The molecular weight excluding hydrogens is 304 g/mol. The number of anilines is 1. The summed E-state index contributed by atoms with van der Waals surface area (Å²) in [6.45, 7) is 2.64. The number of nitrogens with zero attached hydrogens (tertiary/aromatic N) is 2. The summed E-state index contributed by atoms with van der Waals surface area (Å²) in [4.78, 5) is 18.8. The Bertz CT molecular complexity index is 538. The van der Waals surface area contributed by atoms with Gasteiger partial charge in [-0.3, -0.25) is 0 Å². The molecule has 132 valence electrons. The number of urea groups is 1. The van der Waals surface area contributed by atoms with Crippen LogP contribution in [0.1, 0.15) is 50.5 Å². The Morgan fingerprint density at radius 2 is 1.96 bits per heavy atom. The average Bonchev–Trinajstić information content (AvgIpc) is 2.63. The minimum atomic E-state index is -0.198. The van der Waals surface area contributed by atoms with Gasteiger partial charge < -0.3 is 20.6 Å². The second-order valence-corrected chi connectivity index (χ2v) is 6.90. The van der Waals surface area contributed by atoms with Crippen molar-refractivity contribution in [1.29, 1.82) is 0 Å². The molecule has 0 bridgehead atoms. The molecule has 24 heavy (non-hydrogen) atoms. The van der Waals surface area contributed by atoms with Crippen LogP contribution in [0.15, 0.2) is 18.3 Å². The van der Waals surface area contributed by atoms with Gasteiger partial charge >= 0.3 is 6.03 Å². The lowest BCUT2D eigenvalue weighted by Crippen LogP contribution is -2.43. The van der Waals surface area contributed by atoms with Crippen LogP contribution < -0.4 is 15.5 Å². The van der Waals surface area contributed by atoms with E-state index in [0.717, 1.165) is 50.2 Å². The fourth-order valence-electron chi connectivity index (χ4n) is 3.51. The van der Waals surface area contributed by atoms with E-state index < -0.39 is 0 Å².